The molecule has 2 fully saturated rings. The summed E-state index contributed by atoms with van der Waals surface area (Å²) in [6, 6.07) is 0.223. The van der Waals surface area contributed by atoms with Crippen molar-refractivity contribution in [2.24, 2.45) is 5.92 Å². The highest BCUT2D eigenvalue weighted by Crippen LogP contribution is 2.50. The van der Waals surface area contributed by atoms with E-state index >= 15 is 0 Å². The van der Waals surface area contributed by atoms with Crippen LogP contribution in [0.4, 0.5) is 0 Å². The van der Waals surface area contributed by atoms with Crippen molar-refractivity contribution in [1.82, 2.24) is 10.2 Å². The van der Waals surface area contributed by atoms with Crippen molar-refractivity contribution in [2.45, 2.75) is 31.2 Å². The predicted octanol–water partition coefficient (Wildman–Crippen LogP) is 0.0201. The van der Waals surface area contributed by atoms with E-state index in [0.717, 1.165) is 12.1 Å². The number of nitrogens with zero attached hydrogens (tertiary/aromatic N) is 1. The second-order valence-corrected chi connectivity index (χ2v) is 5.90. The van der Waals surface area contributed by atoms with Crippen LogP contribution in [0.5, 0.6) is 0 Å². The minimum atomic E-state index is -0.247. The van der Waals surface area contributed by atoms with E-state index in [1.54, 1.807) is 16.7 Å². The molecule has 0 aliphatic carbocycles. The Kier molecular flexibility index (Phi) is 2.45. The van der Waals surface area contributed by atoms with Gasteiger partial charge in [-0.3, -0.25) is 9.59 Å². The van der Waals surface area contributed by atoms with Crippen LogP contribution in [-0.2, 0) is 9.59 Å². The van der Waals surface area contributed by atoms with E-state index < -0.39 is 0 Å². The number of nitrogens with one attached hydrogen (secondary N) is 1. The van der Waals surface area contributed by atoms with Crippen molar-refractivity contribution in [3.8, 4) is 0 Å². The van der Waals surface area contributed by atoms with Crippen LogP contribution >= 0.6 is 11.8 Å². The number of fused-ring (bicyclic) bond motifs is 1. The number of aliphatic hydroxyl groups is 1. The highest BCUT2D eigenvalue weighted by molar-refractivity contribution is 8.04. The van der Waals surface area contributed by atoms with Crippen LogP contribution in [0.2, 0.25) is 0 Å². The number of thioether (sulfide) groups is 1. The molecule has 0 aromatic carbocycles. The van der Waals surface area contributed by atoms with E-state index in [-0.39, 0.29) is 35.8 Å². The molecule has 92 valence electrons. The Hall–Kier alpha value is -1.01. The maximum atomic E-state index is 11.7. The summed E-state index contributed by atoms with van der Waals surface area (Å²) in [5, 5.41) is 12.0. The van der Waals surface area contributed by atoms with Crippen molar-refractivity contribution in [3.63, 3.8) is 0 Å². The SMILES string of the molecule is CC1=C(C[C@@H]2CC(=O)N2)S[C@H]2C(CO)C(=O)N12. The third-order valence-corrected chi connectivity index (χ3v) is 5.13. The van der Waals surface area contributed by atoms with Crippen molar-refractivity contribution in [1.29, 1.82) is 0 Å². The standard InChI is InChI=1S/C11H14N2O3S/c1-5-8(2-6-3-9(15)12-6)17-11-7(4-14)10(16)13(5)11/h6-7,11,14H,2-4H2,1H3,(H,12,15)/t6-,7?,11+/m1/s1. The molecule has 0 bridgehead atoms. The summed E-state index contributed by atoms with van der Waals surface area (Å²) < 4.78 is 0. The summed E-state index contributed by atoms with van der Waals surface area (Å²) >= 11 is 1.66. The Morgan fingerprint density at radius 1 is 1.53 bits per heavy atom. The molecule has 0 radical (unpaired) electrons. The lowest BCUT2D eigenvalue weighted by atomic mass is 9.97. The number of aliphatic hydroxyl groups excluding tert-OH is 1. The minimum absolute atomic E-state index is 0.0233. The molecular weight excluding hydrogens is 240 g/mol. The van der Waals surface area contributed by atoms with Gasteiger partial charge in [0.2, 0.25) is 11.8 Å². The fraction of sp³-hybridized carbons (Fsp3) is 0.636. The molecular formula is C11H14N2O3S. The molecule has 0 spiro atoms. The zero-order valence-electron chi connectivity index (χ0n) is 9.47. The van der Waals surface area contributed by atoms with Crippen LogP contribution in [0.3, 0.4) is 0 Å². The molecule has 0 saturated carbocycles. The van der Waals surface area contributed by atoms with Gasteiger partial charge in [-0.2, -0.15) is 0 Å². The largest absolute Gasteiger partial charge is 0.395 e. The van der Waals surface area contributed by atoms with Gasteiger partial charge in [-0.1, -0.05) is 0 Å². The van der Waals surface area contributed by atoms with Gasteiger partial charge >= 0.3 is 0 Å². The number of hydrogen-bond acceptors (Lipinski definition) is 4. The van der Waals surface area contributed by atoms with Crippen molar-refractivity contribution in [3.05, 3.63) is 10.6 Å². The quantitative estimate of drug-likeness (QED) is 0.697. The zero-order chi connectivity index (χ0) is 12.2. The van der Waals surface area contributed by atoms with Gasteiger partial charge in [0, 0.05) is 29.5 Å². The molecule has 6 heteroatoms. The van der Waals surface area contributed by atoms with Gasteiger partial charge in [-0.25, -0.2) is 0 Å². The zero-order valence-corrected chi connectivity index (χ0v) is 10.3. The van der Waals surface area contributed by atoms with Crippen molar-refractivity contribution >= 4 is 23.6 Å². The number of hydrogen-bond donors (Lipinski definition) is 2. The van der Waals surface area contributed by atoms with E-state index in [1.165, 1.54) is 4.91 Å². The molecule has 5 nitrogen and oxygen atoms in total. The predicted molar refractivity (Wildman–Crippen MR) is 62.7 cm³/mol. The molecule has 2 saturated heterocycles. The highest BCUT2D eigenvalue weighted by atomic mass is 32.2. The molecule has 3 aliphatic heterocycles. The van der Waals surface area contributed by atoms with Gasteiger partial charge in [0.15, 0.2) is 0 Å². The summed E-state index contributed by atoms with van der Waals surface area (Å²) in [6.07, 6.45) is 1.39. The smallest absolute Gasteiger partial charge is 0.236 e. The van der Waals surface area contributed by atoms with Crippen LogP contribution in [0.15, 0.2) is 10.6 Å². The summed E-state index contributed by atoms with van der Waals surface area (Å²) in [4.78, 5) is 25.5. The Labute approximate surface area is 103 Å². The van der Waals surface area contributed by atoms with Crippen LogP contribution in [0.1, 0.15) is 19.8 Å². The second-order valence-electron chi connectivity index (χ2n) is 4.69. The van der Waals surface area contributed by atoms with Gasteiger partial charge in [0.1, 0.15) is 5.37 Å². The van der Waals surface area contributed by atoms with Gasteiger partial charge in [0.25, 0.3) is 0 Å². The molecule has 2 N–H and O–H groups in total. The Morgan fingerprint density at radius 3 is 2.82 bits per heavy atom. The first-order chi connectivity index (χ1) is 8.11. The van der Waals surface area contributed by atoms with Crippen LogP contribution in [0.25, 0.3) is 0 Å². The first-order valence-corrected chi connectivity index (χ1v) is 6.59. The molecule has 3 heterocycles. The summed E-state index contributed by atoms with van der Waals surface area (Å²) in [7, 11) is 0. The lowest BCUT2D eigenvalue weighted by molar-refractivity contribution is -0.148. The molecule has 17 heavy (non-hydrogen) atoms. The minimum Gasteiger partial charge on any atom is -0.395 e. The average molecular weight is 254 g/mol. The third-order valence-electron chi connectivity index (χ3n) is 3.61. The lowest BCUT2D eigenvalue weighted by Gasteiger charge is -2.41. The fourth-order valence-electron chi connectivity index (χ4n) is 2.52. The van der Waals surface area contributed by atoms with Gasteiger partial charge < -0.3 is 15.3 Å². The normalized spacial score (nSPS) is 35.4. The first-order valence-electron chi connectivity index (χ1n) is 5.71. The summed E-state index contributed by atoms with van der Waals surface area (Å²) in [6.45, 7) is 1.86. The van der Waals surface area contributed by atoms with Crippen molar-refractivity contribution < 1.29 is 14.7 Å². The maximum absolute atomic E-state index is 11.7. The number of carbonyl (C=O) groups is 2. The van der Waals surface area contributed by atoms with E-state index in [0.29, 0.717) is 6.42 Å². The second kappa shape index (κ2) is 3.74. The molecule has 3 rings (SSSR count). The molecule has 0 aromatic rings. The van der Waals surface area contributed by atoms with E-state index in [4.69, 9.17) is 5.11 Å². The molecule has 1 unspecified atom stereocenters. The molecule has 2 amide bonds. The molecule has 3 aliphatic rings. The molecule has 3 atom stereocenters. The Morgan fingerprint density at radius 2 is 2.24 bits per heavy atom. The first kappa shape index (κ1) is 11.1. The van der Waals surface area contributed by atoms with Gasteiger partial charge in [-0.15, -0.1) is 11.8 Å². The van der Waals surface area contributed by atoms with Crippen LogP contribution in [0, 0.1) is 5.92 Å². The van der Waals surface area contributed by atoms with E-state index in [1.807, 2.05) is 6.92 Å². The highest BCUT2D eigenvalue weighted by Gasteiger charge is 2.52. The summed E-state index contributed by atoms with van der Waals surface area (Å²) in [5.41, 5.74) is 0.996. The number of amides is 2. The van der Waals surface area contributed by atoms with Crippen LogP contribution in [-0.4, -0.2) is 39.8 Å². The topological polar surface area (TPSA) is 69.6 Å². The van der Waals surface area contributed by atoms with Crippen molar-refractivity contribution in [2.75, 3.05) is 6.61 Å². The van der Waals surface area contributed by atoms with Gasteiger partial charge in [0.05, 0.1) is 12.5 Å². The van der Waals surface area contributed by atoms with Gasteiger partial charge in [-0.05, 0) is 6.92 Å². The monoisotopic (exact) mass is 254 g/mol. The number of β-lactam (4-membered cyclic amide) rings is 2. The third kappa shape index (κ3) is 1.51. The maximum Gasteiger partial charge on any atom is 0.236 e. The lowest BCUT2D eigenvalue weighted by Crippen LogP contribution is -2.57. The Balaban J connectivity index is 1.68. The number of carbonyl (C=O) groups excluding carboxylic acids is 2. The average Bonchev–Trinajstić information content (AvgIpc) is 2.51. The van der Waals surface area contributed by atoms with Crippen LogP contribution < -0.4 is 5.32 Å². The number of allylic oxidation sites excluding steroid dienone is 1. The van der Waals surface area contributed by atoms with E-state index in [2.05, 4.69) is 5.32 Å². The fourth-order valence-corrected chi connectivity index (χ4v) is 4.11. The number of rotatable bonds is 3. The summed E-state index contributed by atoms with van der Waals surface area (Å²) in [5.74, 6) is -0.123. The Bertz CT molecular complexity index is 426. The molecule has 0 aromatic heterocycles. The van der Waals surface area contributed by atoms with E-state index in [9.17, 15) is 9.59 Å².